The molecule has 0 aliphatic carbocycles. The summed E-state index contributed by atoms with van der Waals surface area (Å²) in [5, 5.41) is 17.9. The fourth-order valence-electron chi connectivity index (χ4n) is 2.48. The van der Waals surface area contributed by atoms with Gasteiger partial charge in [-0.3, -0.25) is 4.79 Å². The van der Waals surface area contributed by atoms with Gasteiger partial charge >= 0.3 is 0 Å². The van der Waals surface area contributed by atoms with Crippen molar-refractivity contribution >= 4 is 28.6 Å². The second-order valence-electron chi connectivity index (χ2n) is 5.47. The van der Waals surface area contributed by atoms with Crippen molar-refractivity contribution in [2.45, 2.75) is 13.3 Å². The minimum atomic E-state index is -0.00243. The van der Waals surface area contributed by atoms with E-state index in [-0.39, 0.29) is 5.91 Å². The third-order valence-electron chi connectivity index (χ3n) is 3.79. The van der Waals surface area contributed by atoms with Gasteiger partial charge in [-0.15, -0.1) is 21.5 Å². The molecule has 0 spiro atoms. The first-order valence-corrected chi connectivity index (χ1v) is 8.79. The van der Waals surface area contributed by atoms with Crippen LogP contribution in [0.3, 0.4) is 0 Å². The lowest BCUT2D eigenvalue weighted by Gasteiger charge is -2.06. The molecular weight excluding hydrogens is 334 g/mol. The van der Waals surface area contributed by atoms with Crippen LogP contribution in [0, 0.1) is 0 Å². The molecule has 25 heavy (non-hydrogen) atoms. The number of thiophene rings is 1. The molecular formula is C18H15N5OS. The van der Waals surface area contributed by atoms with E-state index in [1.54, 1.807) is 15.9 Å². The summed E-state index contributed by atoms with van der Waals surface area (Å²) in [5.41, 5.74) is 3.26. The summed E-state index contributed by atoms with van der Waals surface area (Å²) in [7, 11) is 0. The Morgan fingerprint density at radius 2 is 1.96 bits per heavy atom. The van der Waals surface area contributed by atoms with Crippen LogP contribution in [0.2, 0.25) is 0 Å². The van der Waals surface area contributed by atoms with Crippen molar-refractivity contribution in [3.63, 3.8) is 0 Å². The molecule has 0 aliphatic rings. The van der Waals surface area contributed by atoms with Gasteiger partial charge in [0.05, 0.1) is 10.6 Å². The lowest BCUT2D eigenvalue weighted by atomic mass is 10.1. The second-order valence-corrected chi connectivity index (χ2v) is 6.42. The molecule has 3 heterocycles. The van der Waals surface area contributed by atoms with Crippen molar-refractivity contribution in [2.24, 2.45) is 0 Å². The number of carbonyl (C=O) groups excluding carboxylic acids is 1. The Morgan fingerprint density at radius 1 is 1.12 bits per heavy atom. The van der Waals surface area contributed by atoms with Crippen LogP contribution in [0.5, 0.6) is 0 Å². The van der Waals surface area contributed by atoms with Crippen LogP contribution in [-0.4, -0.2) is 25.7 Å². The van der Waals surface area contributed by atoms with Crippen molar-refractivity contribution in [1.29, 1.82) is 0 Å². The molecule has 124 valence electrons. The van der Waals surface area contributed by atoms with Gasteiger partial charge in [0.1, 0.15) is 0 Å². The Hall–Kier alpha value is -3.06. The maximum absolute atomic E-state index is 11.5. The number of nitrogens with zero attached hydrogens (tertiary/aromatic N) is 4. The fourth-order valence-corrected chi connectivity index (χ4v) is 3.17. The minimum absolute atomic E-state index is 0.00243. The van der Waals surface area contributed by atoms with Crippen molar-refractivity contribution < 1.29 is 4.79 Å². The van der Waals surface area contributed by atoms with Crippen LogP contribution in [-0.2, 0) is 4.79 Å². The van der Waals surface area contributed by atoms with Gasteiger partial charge in [-0.2, -0.15) is 9.61 Å². The number of hydrogen-bond acceptors (Lipinski definition) is 5. The van der Waals surface area contributed by atoms with Gasteiger partial charge in [0, 0.05) is 17.7 Å². The molecule has 0 saturated heterocycles. The van der Waals surface area contributed by atoms with E-state index in [0.717, 1.165) is 27.6 Å². The summed E-state index contributed by atoms with van der Waals surface area (Å²) >= 11 is 1.60. The summed E-state index contributed by atoms with van der Waals surface area (Å²) in [6.07, 6.45) is 0.457. The van der Waals surface area contributed by atoms with E-state index in [1.165, 1.54) is 0 Å². The Labute approximate surface area is 148 Å². The predicted molar refractivity (Wildman–Crippen MR) is 98.5 cm³/mol. The number of benzene rings is 1. The summed E-state index contributed by atoms with van der Waals surface area (Å²) in [5.74, 6) is 0.732. The number of aromatic nitrogens is 4. The highest BCUT2D eigenvalue weighted by molar-refractivity contribution is 7.13. The molecule has 0 fully saturated rings. The molecule has 4 aromatic rings. The first-order valence-electron chi connectivity index (χ1n) is 7.91. The van der Waals surface area contributed by atoms with Crippen molar-refractivity contribution in [1.82, 2.24) is 19.8 Å². The SMILES string of the molecule is CCC(=O)Nc1ccc(-c2ccc3nnc(-c4cccs4)n3n2)cc1. The Bertz CT molecular complexity index is 1020. The molecule has 0 saturated carbocycles. The normalized spacial score (nSPS) is 10.9. The lowest BCUT2D eigenvalue weighted by molar-refractivity contribution is -0.115. The highest BCUT2D eigenvalue weighted by Crippen LogP contribution is 2.25. The number of nitrogens with one attached hydrogen (secondary N) is 1. The van der Waals surface area contributed by atoms with E-state index in [1.807, 2.05) is 60.8 Å². The van der Waals surface area contributed by atoms with E-state index in [2.05, 4.69) is 20.6 Å². The predicted octanol–water partition coefficient (Wildman–Crippen LogP) is 3.87. The monoisotopic (exact) mass is 349 g/mol. The summed E-state index contributed by atoms with van der Waals surface area (Å²) in [6.45, 7) is 1.83. The Kier molecular flexibility index (Phi) is 3.99. The average molecular weight is 349 g/mol. The zero-order valence-corrected chi connectivity index (χ0v) is 14.3. The van der Waals surface area contributed by atoms with Crippen molar-refractivity contribution in [2.75, 3.05) is 5.32 Å². The van der Waals surface area contributed by atoms with Gasteiger partial charge in [0.2, 0.25) is 5.91 Å². The molecule has 0 bridgehead atoms. The first-order chi connectivity index (χ1) is 12.2. The highest BCUT2D eigenvalue weighted by Gasteiger charge is 2.11. The third kappa shape index (κ3) is 3.01. The van der Waals surface area contributed by atoms with Crippen LogP contribution in [0.15, 0.2) is 53.9 Å². The zero-order chi connectivity index (χ0) is 17.2. The molecule has 0 radical (unpaired) electrons. The molecule has 6 nitrogen and oxygen atoms in total. The number of fused-ring (bicyclic) bond motifs is 1. The summed E-state index contributed by atoms with van der Waals surface area (Å²) < 4.78 is 1.76. The van der Waals surface area contributed by atoms with Crippen molar-refractivity contribution in [3.05, 3.63) is 53.9 Å². The van der Waals surface area contributed by atoms with Gasteiger partial charge in [-0.05, 0) is 35.7 Å². The zero-order valence-electron chi connectivity index (χ0n) is 13.5. The quantitative estimate of drug-likeness (QED) is 0.607. The maximum atomic E-state index is 11.5. The maximum Gasteiger partial charge on any atom is 0.224 e. The second kappa shape index (κ2) is 6.45. The number of amides is 1. The molecule has 0 unspecified atom stereocenters. The van der Waals surface area contributed by atoms with Crippen LogP contribution in [0.1, 0.15) is 13.3 Å². The smallest absolute Gasteiger partial charge is 0.224 e. The summed E-state index contributed by atoms with van der Waals surface area (Å²) in [6, 6.07) is 15.4. The molecule has 7 heteroatoms. The topological polar surface area (TPSA) is 72.2 Å². The van der Waals surface area contributed by atoms with E-state index >= 15 is 0 Å². The largest absolute Gasteiger partial charge is 0.326 e. The average Bonchev–Trinajstić information content (AvgIpc) is 3.31. The molecule has 1 aromatic carbocycles. The van der Waals surface area contributed by atoms with Crippen LogP contribution in [0.4, 0.5) is 5.69 Å². The molecule has 1 amide bonds. The highest BCUT2D eigenvalue weighted by atomic mass is 32.1. The number of rotatable bonds is 4. The van der Waals surface area contributed by atoms with Crippen LogP contribution < -0.4 is 5.32 Å². The van der Waals surface area contributed by atoms with Crippen LogP contribution in [0.25, 0.3) is 27.6 Å². The third-order valence-corrected chi connectivity index (χ3v) is 4.66. The molecule has 1 N–H and O–H groups in total. The van der Waals surface area contributed by atoms with Gasteiger partial charge in [0.15, 0.2) is 11.5 Å². The molecule has 0 atom stereocenters. The van der Waals surface area contributed by atoms with E-state index in [0.29, 0.717) is 12.1 Å². The summed E-state index contributed by atoms with van der Waals surface area (Å²) in [4.78, 5) is 12.5. The van der Waals surface area contributed by atoms with Gasteiger partial charge < -0.3 is 5.32 Å². The Morgan fingerprint density at radius 3 is 2.68 bits per heavy atom. The van der Waals surface area contributed by atoms with Gasteiger partial charge in [0.25, 0.3) is 0 Å². The van der Waals surface area contributed by atoms with E-state index < -0.39 is 0 Å². The van der Waals surface area contributed by atoms with Gasteiger partial charge in [-0.25, -0.2) is 0 Å². The first kappa shape index (κ1) is 15.5. The van der Waals surface area contributed by atoms with E-state index in [9.17, 15) is 4.79 Å². The van der Waals surface area contributed by atoms with E-state index in [4.69, 9.17) is 0 Å². The molecule has 3 aromatic heterocycles. The standard InChI is InChI=1S/C18H15N5OS/c1-2-17(24)19-13-7-5-12(6-8-13)14-9-10-16-20-21-18(23(16)22-14)15-4-3-11-25-15/h3-11H,2H2,1H3,(H,19,24). The number of hydrogen-bond donors (Lipinski definition) is 1. The van der Waals surface area contributed by atoms with Crippen molar-refractivity contribution in [3.8, 4) is 22.0 Å². The number of carbonyl (C=O) groups is 1. The lowest BCUT2D eigenvalue weighted by Crippen LogP contribution is -2.09. The fraction of sp³-hybridized carbons (Fsp3) is 0.111. The number of anilines is 1. The van der Waals surface area contributed by atoms with Crippen LogP contribution >= 0.6 is 11.3 Å². The molecule has 0 aliphatic heterocycles. The van der Waals surface area contributed by atoms with Gasteiger partial charge in [-0.1, -0.05) is 25.1 Å². The Balaban J connectivity index is 1.69. The minimum Gasteiger partial charge on any atom is -0.326 e. The molecule has 4 rings (SSSR count).